The van der Waals surface area contributed by atoms with Crippen LogP contribution in [0, 0.1) is 12.8 Å². The highest BCUT2D eigenvalue weighted by Crippen LogP contribution is 2.31. The average molecular weight is 445 g/mol. The molecular weight excluding hydrogens is 408 g/mol. The molecule has 7 nitrogen and oxygen atoms in total. The van der Waals surface area contributed by atoms with Gasteiger partial charge in [-0.2, -0.15) is 0 Å². The summed E-state index contributed by atoms with van der Waals surface area (Å²) in [6, 6.07) is 5.36. The van der Waals surface area contributed by atoms with Crippen LogP contribution in [0.5, 0.6) is 0 Å². The van der Waals surface area contributed by atoms with Crippen LogP contribution < -0.4 is 0 Å². The second kappa shape index (κ2) is 9.92. The number of ether oxygens (including phenoxy) is 1. The topological polar surface area (TPSA) is 87.2 Å². The van der Waals surface area contributed by atoms with E-state index in [1.807, 2.05) is 37.5 Å². The van der Waals surface area contributed by atoms with Crippen molar-refractivity contribution >= 4 is 18.0 Å². The van der Waals surface area contributed by atoms with E-state index in [0.717, 1.165) is 36.8 Å². The minimum Gasteiger partial charge on any atom is -0.478 e. The van der Waals surface area contributed by atoms with E-state index in [1.54, 1.807) is 18.2 Å². The second-order valence-electron chi connectivity index (χ2n) is 10.1. The van der Waals surface area contributed by atoms with Crippen molar-refractivity contribution in [3.63, 3.8) is 0 Å². The van der Waals surface area contributed by atoms with Crippen molar-refractivity contribution in [2.75, 3.05) is 19.6 Å². The Morgan fingerprint density at radius 1 is 1.12 bits per heavy atom. The van der Waals surface area contributed by atoms with Crippen molar-refractivity contribution < 1.29 is 24.2 Å². The van der Waals surface area contributed by atoms with Gasteiger partial charge in [0.1, 0.15) is 5.60 Å². The molecule has 7 heteroatoms. The summed E-state index contributed by atoms with van der Waals surface area (Å²) in [5.41, 5.74) is 1.69. The molecule has 1 saturated carbocycles. The summed E-state index contributed by atoms with van der Waals surface area (Å²) in [5, 5.41) is 9.09. The number of piperidine rings is 1. The molecule has 2 aliphatic rings. The van der Waals surface area contributed by atoms with Crippen LogP contribution in [0.4, 0.5) is 4.79 Å². The largest absolute Gasteiger partial charge is 0.478 e. The lowest BCUT2D eigenvalue weighted by atomic mass is 9.95. The van der Waals surface area contributed by atoms with Crippen LogP contribution in [-0.2, 0) is 16.0 Å². The maximum absolute atomic E-state index is 12.7. The molecule has 1 heterocycles. The number of rotatable bonds is 7. The van der Waals surface area contributed by atoms with Gasteiger partial charge in [-0.3, -0.25) is 4.79 Å². The predicted molar refractivity (Wildman–Crippen MR) is 122 cm³/mol. The van der Waals surface area contributed by atoms with Gasteiger partial charge >= 0.3 is 12.1 Å². The molecule has 0 unspecified atom stereocenters. The SMILES string of the molecule is Cc1cc(C(=O)O)ccc1CCC(=O)N1CCC(CN(C(=O)OC(C)(C)C)C2CC2)CC1. The molecule has 0 aromatic heterocycles. The monoisotopic (exact) mass is 444 g/mol. The van der Waals surface area contributed by atoms with Crippen molar-refractivity contribution in [3.8, 4) is 0 Å². The molecule has 0 radical (unpaired) electrons. The zero-order chi connectivity index (χ0) is 23.5. The van der Waals surface area contributed by atoms with Crippen molar-refractivity contribution in [2.45, 2.75) is 77.9 Å². The van der Waals surface area contributed by atoms with Crippen LogP contribution in [0.2, 0.25) is 0 Å². The number of likely N-dealkylation sites (tertiary alicyclic amines) is 1. The molecule has 1 aliphatic carbocycles. The molecule has 32 heavy (non-hydrogen) atoms. The maximum atomic E-state index is 12.7. The number of aryl methyl sites for hydroxylation is 2. The Balaban J connectivity index is 1.46. The van der Waals surface area contributed by atoms with Crippen molar-refractivity contribution in [3.05, 3.63) is 34.9 Å². The van der Waals surface area contributed by atoms with E-state index in [-0.39, 0.29) is 17.6 Å². The van der Waals surface area contributed by atoms with E-state index < -0.39 is 11.6 Å². The van der Waals surface area contributed by atoms with Gasteiger partial charge in [0.25, 0.3) is 0 Å². The van der Waals surface area contributed by atoms with Gasteiger partial charge in [-0.05, 0) is 89.0 Å². The van der Waals surface area contributed by atoms with Crippen LogP contribution in [0.1, 0.15) is 74.4 Å². The minimum absolute atomic E-state index is 0.136. The first-order chi connectivity index (χ1) is 15.0. The van der Waals surface area contributed by atoms with Gasteiger partial charge in [0.05, 0.1) is 5.56 Å². The number of hydrogen-bond acceptors (Lipinski definition) is 4. The first kappa shape index (κ1) is 24.1. The molecule has 1 N–H and O–H groups in total. The molecule has 1 aliphatic heterocycles. The van der Waals surface area contributed by atoms with E-state index in [0.29, 0.717) is 44.4 Å². The fourth-order valence-electron chi connectivity index (χ4n) is 4.23. The number of carboxylic acid groups (broad SMARTS) is 1. The Bertz CT molecular complexity index is 848. The van der Waals surface area contributed by atoms with Gasteiger partial charge in [0.2, 0.25) is 5.91 Å². The number of nitrogens with zero attached hydrogens (tertiary/aromatic N) is 2. The Labute approximate surface area is 190 Å². The molecule has 2 amide bonds. The summed E-state index contributed by atoms with van der Waals surface area (Å²) < 4.78 is 5.60. The molecular formula is C25H36N2O5. The Hall–Kier alpha value is -2.57. The fraction of sp³-hybridized carbons (Fsp3) is 0.640. The highest BCUT2D eigenvalue weighted by atomic mass is 16.6. The summed E-state index contributed by atoms with van der Waals surface area (Å²) in [4.78, 5) is 40.2. The normalized spacial score (nSPS) is 17.2. The second-order valence-corrected chi connectivity index (χ2v) is 10.1. The summed E-state index contributed by atoms with van der Waals surface area (Å²) in [7, 11) is 0. The lowest BCUT2D eigenvalue weighted by Crippen LogP contribution is -2.45. The summed E-state index contributed by atoms with van der Waals surface area (Å²) in [5.74, 6) is -0.417. The number of carbonyl (C=O) groups excluding carboxylic acids is 2. The standard InChI is InChI=1S/C25H36N2O5/c1-17-15-20(23(29)30)6-5-19(17)7-10-22(28)26-13-11-18(12-14-26)16-27(21-8-9-21)24(31)32-25(2,3)4/h5-6,15,18,21H,7-14,16H2,1-4H3,(H,29,30). The maximum Gasteiger partial charge on any atom is 0.410 e. The van der Waals surface area contributed by atoms with Crippen molar-refractivity contribution in [1.82, 2.24) is 9.80 Å². The number of carboxylic acids is 1. The first-order valence-corrected chi connectivity index (χ1v) is 11.6. The molecule has 1 saturated heterocycles. The van der Waals surface area contributed by atoms with Gasteiger partial charge in [-0.15, -0.1) is 0 Å². The number of benzene rings is 1. The number of amides is 2. The van der Waals surface area contributed by atoms with Crippen LogP contribution in [0.3, 0.4) is 0 Å². The van der Waals surface area contributed by atoms with Gasteiger partial charge < -0.3 is 19.6 Å². The number of hydrogen-bond donors (Lipinski definition) is 1. The third kappa shape index (κ3) is 6.71. The van der Waals surface area contributed by atoms with Gasteiger partial charge in [-0.1, -0.05) is 6.07 Å². The van der Waals surface area contributed by atoms with Crippen LogP contribution in [0.15, 0.2) is 18.2 Å². The lowest BCUT2D eigenvalue weighted by Gasteiger charge is -2.35. The van der Waals surface area contributed by atoms with E-state index in [9.17, 15) is 14.4 Å². The van der Waals surface area contributed by atoms with Gasteiger partial charge in [-0.25, -0.2) is 9.59 Å². The smallest absolute Gasteiger partial charge is 0.410 e. The zero-order valence-corrected chi connectivity index (χ0v) is 19.7. The summed E-state index contributed by atoms with van der Waals surface area (Å²) in [6.45, 7) is 9.69. The van der Waals surface area contributed by atoms with E-state index in [2.05, 4.69) is 0 Å². The van der Waals surface area contributed by atoms with Crippen LogP contribution >= 0.6 is 0 Å². The Kier molecular flexibility index (Phi) is 7.47. The fourth-order valence-corrected chi connectivity index (χ4v) is 4.23. The number of carbonyl (C=O) groups is 3. The highest BCUT2D eigenvalue weighted by molar-refractivity contribution is 5.88. The average Bonchev–Trinajstić information content (AvgIpc) is 3.55. The third-order valence-electron chi connectivity index (χ3n) is 6.24. The predicted octanol–water partition coefficient (Wildman–Crippen LogP) is 4.26. The van der Waals surface area contributed by atoms with E-state index >= 15 is 0 Å². The third-order valence-corrected chi connectivity index (χ3v) is 6.24. The van der Waals surface area contributed by atoms with E-state index in [1.165, 1.54) is 0 Å². The molecule has 2 fully saturated rings. The Morgan fingerprint density at radius 2 is 1.78 bits per heavy atom. The first-order valence-electron chi connectivity index (χ1n) is 11.6. The van der Waals surface area contributed by atoms with Crippen molar-refractivity contribution in [1.29, 1.82) is 0 Å². The van der Waals surface area contributed by atoms with Crippen LogP contribution in [-0.4, -0.2) is 64.2 Å². The zero-order valence-electron chi connectivity index (χ0n) is 19.7. The van der Waals surface area contributed by atoms with Gasteiger partial charge in [0, 0.05) is 32.1 Å². The molecule has 0 atom stereocenters. The minimum atomic E-state index is -0.939. The molecule has 176 valence electrons. The molecule has 1 aromatic rings. The van der Waals surface area contributed by atoms with Crippen molar-refractivity contribution in [2.24, 2.45) is 5.92 Å². The molecule has 1 aromatic carbocycles. The number of aromatic carboxylic acids is 1. The quantitative estimate of drug-likeness (QED) is 0.679. The van der Waals surface area contributed by atoms with Crippen LogP contribution in [0.25, 0.3) is 0 Å². The van der Waals surface area contributed by atoms with E-state index in [4.69, 9.17) is 9.84 Å². The molecule has 3 rings (SSSR count). The lowest BCUT2D eigenvalue weighted by molar-refractivity contribution is -0.132. The summed E-state index contributed by atoms with van der Waals surface area (Å²) >= 11 is 0. The summed E-state index contributed by atoms with van der Waals surface area (Å²) in [6.07, 6.45) is 4.69. The molecule has 0 bridgehead atoms. The van der Waals surface area contributed by atoms with Gasteiger partial charge in [0.15, 0.2) is 0 Å². The highest BCUT2D eigenvalue weighted by Gasteiger charge is 2.37. The Morgan fingerprint density at radius 3 is 2.31 bits per heavy atom. The molecule has 0 spiro atoms.